The Morgan fingerprint density at radius 3 is 2.58 bits per heavy atom. The number of aromatic nitrogens is 3. The molecule has 0 aliphatic carbocycles. The lowest BCUT2D eigenvalue weighted by Crippen LogP contribution is -1.93. The minimum atomic E-state index is 0.763. The lowest BCUT2D eigenvalue weighted by atomic mass is 9.98. The number of imidazole rings is 1. The molecule has 0 fully saturated rings. The summed E-state index contributed by atoms with van der Waals surface area (Å²) in [5.41, 5.74) is 5.70. The average Bonchev–Trinajstić information content (AvgIpc) is 3.08. The minimum Gasteiger partial charge on any atom is -0.497 e. The standard InChI is InChI=1S/C19H17N3O2/c1-11-4-5-14-13(6-7-17(24-3)19(14)22-11)15-8-12(23-2)9-16-18(15)21-10-20-16/h4-10H,1-3H3,(H,20,21). The molecule has 2 aromatic carbocycles. The Morgan fingerprint density at radius 1 is 0.917 bits per heavy atom. The summed E-state index contributed by atoms with van der Waals surface area (Å²) in [4.78, 5) is 12.3. The van der Waals surface area contributed by atoms with Crippen molar-refractivity contribution in [3.8, 4) is 22.6 Å². The molecule has 0 unspecified atom stereocenters. The first-order valence-corrected chi connectivity index (χ1v) is 7.67. The van der Waals surface area contributed by atoms with Crippen LogP contribution in [0.1, 0.15) is 5.69 Å². The number of benzene rings is 2. The summed E-state index contributed by atoms with van der Waals surface area (Å²) in [6.45, 7) is 1.98. The van der Waals surface area contributed by atoms with Crippen molar-refractivity contribution in [3.05, 3.63) is 48.4 Å². The van der Waals surface area contributed by atoms with E-state index in [2.05, 4.69) is 21.0 Å². The number of ether oxygens (including phenoxy) is 2. The first-order valence-electron chi connectivity index (χ1n) is 7.67. The Labute approximate surface area is 139 Å². The number of methoxy groups -OCH3 is 2. The molecule has 1 N–H and O–H groups in total. The van der Waals surface area contributed by atoms with E-state index < -0.39 is 0 Å². The van der Waals surface area contributed by atoms with Crippen molar-refractivity contribution < 1.29 is 9.47 Å². The Kier molecular flexibility index (Phi) is 3.34. The van der Waals surface area contributed by atoms with Gasteiger partial charge in [-0.3, -0.25) is 0 Å². The SMILES string of the molecule is COc1cc(-c2ccc(OC)c3nc(C)ccc23)c2nc[nH]c2c1. The van der Waals surface area contributed by atoms with Crippen molar-refractivity contribution >= 4 is 21.9 Å². The second-order valence-electron chi connectivity index (χ2n) is 5.64. The molecule has 0 amide bonds. The fourth-order valence-corrected chi connectivity index (χ4v) is 3.04. The Hall–Kier alpha value is -3.08. The fourth-order valence-electron chi connectivity index (χ4n) is 3.04. The highest BCUT2D eigenvalue weighted by molar-refractivity contribution is 6.04. The van der Waals surface area contributed by atoms with Crippen molar-refractivity contribution in [3.63, 3.8) is 0 Å². The van der Waals surface area contributed by atoms with E-state index in [-0.39, 0.29) is 0 Å². The maximum atomic E-state index is 5.48. The summed E-state index contributed by atoms with van der Waals surface area (Å²) in [5.74, 6) is 1.55. The molecule has 0 bridgehead atoms. The van der Waals surface area contributed by atoms with Crippen LogP contribution in [0.4, 0.5) is 0 Å². The molecule has 0 radical (unpaired) electrons. The maximum Gasteiger partial charge on any atom is 0.145 e. The van der Waals surface area contributed by atoms with Gasteiger partial charge in [0.05, 0.1) is 31.6 Å². The highest BCUT2D eigenvalue weighted by Crippen LogP contribution is 2.38. The van der Waals surface area contributed by atoms with Gasteiger partial charge >= 0.3 is 0 Å². The van der Waals surface area contributed by atoms with Gasteiger partial charge in [0, 0.05) is 22.7 Å². The van der Waals surface area contributed by atoms with Crippen LogP contribution in [0.5, 0.6) is 11.5 Å². The number of hydrogen-bond donors (Lipinski definition) is 1. The molecule has 5 nitrogen and oxygen atoms in total. The third-order valence-electron chi connectivity index (χ3n) is 4.20. The lowest BCUT2D eigenvalue weighted by Gasteiger charge is -2.12. The van der Waals surface area contributed by atoms with Gasteiger partial charge in [0.2, 0.25) is 0 Å². The van der Waals surface area contributed by atoms with Gasteiger partial charge in [-0.1, -0.05) is 6.07 Å². The summed E-state index contributed by atoms with van der Waals surface area (Å²) in [5, 5.41) is 1.03. The summed E-state index contributed by atoms with van der Waals surface area (Å²) in [7, 11) is 3.33. The largest absolute Gasteiger partial charge is 0.497 e. The molecule has 5 heteroatoms. The lowest BCUT2D eigenvalue weighted by molar-refractivity contribution is 0.415. The van der Waals surface area contributed by atoms with E-state index in [4.69, 9.17) is 9.47 Å². The maximum absolute atomic E-state index is 5.48. The molecule has 2 aromatic heterocycles. The van der Waals surface area contributed by atoms with Crippen LogP contribution in [0, 0.1) is 6.92 Å². The van der Waals surface area contributed by atoms with Gasteiger partial charge in [0.1, 0.15) is 17.0 Å². The van der Waals surface area contributed by atoms with Crippen LogP contribution in [0.2, 0.25) is 0 Å². The summed E-state index contributed by atoms with van der Waals surface area (Å²) >= 11 is 0. The van der Waals surface area contributed by atoms with Crippen LogP contribution in [-0.4, -0.2) is 29.2 Å². The molecule has 0 saturated carbocycles. The number of fused-ring (bicyclic) bond motifs is 2. The smallest absolute Gasteiger partial charge is 0.145 e. The monoisotopic (exact) mass is 319 g/mol. The van der Waals surface area contributed by atoms with E-state index in [0.717, 1.165) is 50.3 Å². The van der Waals surface area contributed by atoms with Gasteiger partial charge in [0.25, 0.3) is 0 Å². The molecule has 0 aliphatic rings. The summed E-state index contributed by atoms with van der Waals surface area (Å²) < 4.78 is 10.9. The number of hydrogen-bond acceptors (Lipinski definition) is 4. The predicted molar refractivity (Wildman–Crippen MR) is 94.7 cm³/mol. The van der Waals surface area contributed by atoms with Crippen molar-refractivity contribution in [2.75, 3.05) is 14.2 Å². The molecule has 0 spiro atoms. The molecule has 4 rings (SSSR count). The van der Waals surface area contributed by atoms with Crippen LogP contribution < -0.4 is 9.47 Å². The molecule has 0 aliphatic heterocycles. The van der Waals surface area contributed by atoms with Crippen LogP contribution in [0.15, 0.2) is 42.7 Å². The van der Waals surface area contributed by atoms with Gasteiger partial charge in [-0.2, -0.15) is 0 Å². The Morgan fingerprint density at radius 2 is 1.79 bits per heavy atom. The molecule has 2 heterocycles. The average molecular weight is 319 g/mol. The molecule has 24 heavy (non-hydrogen) atoms. The third kappa shape index (κ3) is 2.17. The van der Waals surface area contributed by atoms with E-state index in [1.807, 2.05) is 37.3 Å². The number of nitrogens with zero attached hydrogens (tertiary/aromatic N) is 2. The van der Waals surface area contributed by atoms with Crippen LogP contribution >= 0.6 is 0 Å². The van der Waals surface area contributed by atoms with Crippen LogP contribution in [0.3, 0.4) is 0 Å². The number of H-pyrrole nitrogens is 1. The first kappa shape index (κ1) is 14.5. The van der Waals surface area contributed by atoms with Gasteiger partial charge in [-0.25, -0.2) is 9.97 Å². The van der Waals surface area contributed by atoms with E-state index in [1.165, 1.54) is 0 Å². The molecular weight excluding hydrogens is 302 g/mol. The zero-order valence-corrected chi connectivity index (χ0v) is 13.8. The van der Waals surface area contributed by atoms with Gasteiger partial charge in [-0.05, 0) is 36.8 Å². The number of pyridine rings is 1. The van der Waals surface area contributed by atoms with Crippen LogP contribution in [0.25, 0.3) is 33.1 Å². The molecule has 0 saturated heterocycles. The number of nitrogens with one attached hydrogen (secondary N) is 1. The number of aryl methyl sites for hydroxylation is 1. The normalized spacial score (nSPS) is 11.1. The summed E-state index contributed by atoms with van der Waals surface area (Å²) in [6, 6.07) is 12.0. The number of aromatic amines is 1. The van der Waals surface area contributed by atoms with Gasteiger partial charge in [0.15, 0.2) is 0 Å². The summed E-state index contributed by atoms with van der Waals surface area (Å²) in [6.07, 6.45) is 1.70. The molecular formula is C19H17N3O2. The van der Waals surface area contributed by atoms with E-state index in [1.54, 1.807) is 20.5 Å². The Bertz CT molecular complexity index is 1050. The molecule has 120 valence electrons. The van der Waals surface area contributed by atoms with E-state index in [0.29, 0.717) is 0 Å². The first-order chi connectivity index (χ1) is 11.7. The highest BCUT2D eigenvalue weighted by Gasteiger charge is 2.14. The predicted octanol–water partition coefficient (Wildman–Crippen LogP) is 4.10. The zero-order valence-electron chi connectivity index (χ0n) is 13.8. The zero-order chi connectivity index (χ0) is 16.7. The molecule has 4 aromatic rings. The van der Waals surface area contributed by atoms with E-state index >= 15 is 0 Å². The van der Waals surface area contributed by atoms with Crippen molar-refractivity contribution in [1.82, 2.24) is 15.0 Å². The second-order valence-corrected chi connectivity index (χ2v) is 5.64. The van der Waals surface area contributed by atoms with Crippen LogP contribution in [-0.2, 0) is 0 Å². The second kappa shape index (κ2) is 5.53. The third-order valence-corrected chi connectivity index (χ3v) is 4.20. The van der Waals surface area contributed by atoms with E-state index in [9.17, 15) is 0 Å². The Balaban J connectivity index is 2.09. The van der Waals surface area contributed by atoms with Crippen molar-refractivity contribution in [1.29, 1.82) is 0 Å². The van der Waals surface area contributed by atoms with Gasteiger partial charge in [-0.15, -0.1) is 0 Å². The van der Waals surface area contributed by atoms with Gasteiger partial charge < -0.3 is 14.5 Å². The number of rotatable bonds is 3. The van der Waals surface area contributed by atoms with Crippen molar-refractivity contribution in [2.24, 2.45) is 0 Å². The minimum absolute atomic E-state index is 0.763. The molecule has 0 atom stereocenters. The quantitative estimate of drug-likeness (QED) is 0.617. The van der Waals surface area contributed by atoms with Crippen molar-refractivity contribution in [2.45, 2.75) is 6.92 Å². The highest BCUT2D eigenvalue weighted by atomic mass is 16.5. The topological polar surface area (TPSA) is 60.0 Å². The fraction of sp³-hybridized carbons (Fsp3) is 0.158.